The predicted octanol–water partition coefficient (Wildman–Crippen LogP) is 1.12. The normalized spacial score (nSPS) is 22.3. The smallest absolute Gasteiger partial charge is 0.243 e. The number of thioether (sulfide) groups is 1. The maximum absolute atomic E-state index is 13.7. The maximum Gasteiger partial charge on any atom is 0.243 e. The van der Waals surface area contributed by atoms with E-state index < -0.39 is 6.04 Å². The fourth-order valence-electron chi connectivity index (χ4n) is 2.39. The molecule has 1 saturated heterocycles. The zero-order chi connectivity index (χ0) is 16.8. The van der Waals surface area contributed by atoms with Crippen LogP contribution in [0.3, 0.4) is 0 Å². The van der Waals surface area contributed by atoms with Gasteiger partial charge in [-0.15, -0.1) is 11.8 Å². The molecule has 1 aromatic rings. The van der Waals surface area contributed by atoms with E-state index in [0.717, 1.165) is 0 Å². The summed E-state index contributed by atoms with van der Waals surface area (Å²) in [5.41, 5.74) is 0.511. The van der Waals surface area contributed by atoms with E-state index >= 15 is 0 Å². The average molecular weight is 340 g/mol. The van der Waals surface area contributed by atoms with Gasteiger partial charge in [0.2, 0.25) is 11.8 Å². The monoisotopic (exact) mass is 340 g/mol. The molecule has 1 aromatic carbocycles. The van der Waals surface area contributed by atoms with Crippen LogP contribution in [0.15, 0.2) is 24.3 Å². The van der Waals surface area contributed by atoms with Gasteiger partial charge in [-0.25, -0.2) is 4.39 Å². The minimum absolute atomic E-state index is 0.120. The minimum Gasteiger partial charge on any atom is -0.383 e. The Morgan fingerprint density at radius 2 is 2.26 bits per heavy atom. The largest absolute Gasteiger partial charge is 0.383 e. The lowest BCUT2D eigenvalue weighted by molar-refractivity contribution is -0.129. The summed E-state index contributed by atoms with van der Waals surface area (Å²) < 4.78 is 18.6. The number of rotatable bonds is 6. The third kappa shape index (κ3) is 4.94. The van der Waals surface area contributed by atoms with Crippen molar-refractivity contribution < 1.29 is 18.7 Å². The van der Waals surface area contributed by atoms with Crippen molar-refractivity contribution >= 4 is 23.6 Å². The predicted molar refractivity (Wildman–Crippen MR) is 87.8 cm³/mol. The molecule has 2 rings (SSSR count). The van der Waals surface area contributed by atoms with Gasteiger partial charge in [0.05, 0.1) is 11.9 Å². The van der Waals surface area contributed by atoms with E-state index in [0.29, 0.717) is 24.3 Å². The first kappa shape index (κ1) is 17.7. The van der Waals surface area contributed by atoms with Gasteiger partial charge in [0.15, 0.2) is 0 Å². The number of nitrogens with one attached hydrogen (secondary N) is 2. The molecule has 7 heteroatoms. The first-order valence-corrected chi connectivity index (χ1v) is 8.50. The molecule has 3 unspecified atom stereocenters. The van der Waals surface area contributed by atoms with Gasteiger partial charge in [-0.05, 0) is 25.0 Å². The number of hydrogen-bond donors (Lipinski definition) is 2. The number of benzene rings is 1. The van der Waals surface area contributed by atoms with Crippen molar-refractivity contribution in [3.05, 3.63) is 35.6 Å². The summed E-state index contributed by atoms with van der Waals surface area (Å²) in [7, 11) is 1.56. The fraction of sp³-hybridized carbons (Fsp3) is 0.500. The lowest BCUT2D eigenvalue weighted by Gasteiger charge is -2.29. The second-order valence-electron chi connectivity index (χ2n) is 5.54. The Kier molecular flexibility index (Phi) is 6.41. The highest BCUT2D eigenvalue weighted by Gasteiger charge is 2.33. The molecule has 0 bridgehead atoms. The summed E-state index contributed by atoms with van der Waals surface area (Å²) in [6.45, 7) is 2.25. The van der Waals surface area contributed by atoms with Gasteiger partial charge in [0.25, 0.3) is 0 Å². The van der Waals surface area contributed by atoms with Gasteiger partial charge in [-0.1, -0.05) is 18.2 Å². The van der Waals surface area contributed by atoms with Crippen LogP contribution in [0.1, 0.15) is 12.5 Å². The van der Waals surface area contributed by atoms with Crippen LogP contribution in [0, 0.1) is 5.82 Å². The first-order chi connectivity index (χ1) is 11.0. The Balaban J connectivity index is 1.88. The summed E-state index contributed by atoms with van der Waals surface area (Å²) in [6, 6.07) is 5.74. The molecule has 0 radical (unpaired) electrons. The Hall–Kier alpha value is -1.60. The van der Waals surface area contributed by atoms with Crippen LogP contribution in [-0.2, 0) is 20.7 Å². The molecule has 1 fully saturated rings. The second-order valence-corrected chi connectivity index (χ2v) is 6.78. The van der Waals surface area contributed by atoms with Crippen LogP contribution >= 0.6 is 11.8 Å². The van der Waals surface area contributed by atoms with Crippen molar-refractivity contribution in [2.75, 3.05) is 19.5 Å². The number of carbonyl (C=O) groups is 2. The molecule has 1 heterocycles. The Morgan fingerprint density at radius 1 is 1.52 bits per heavy atom. The van der Waals surface area contributed by atoms with Gasteiger partial charge in [-0.3, -0.25) is 9.59 Å². The minimum atomic E-state index is -0.566. The molecule has 0 spiro atoms. The lowest BCUT2D eigenvalue weighted by Crippen LogP contribution is -2.56. The van der Waals surface area contributed by atoms with Crippen molar-refractivity contribution in [3.8, 4) is 0 Å². The quantitative estimate of drug-likeness (QED) is 0.814. The van der Waals surface area contributed by atoms with Gasteiger partial charge in [0, 0.05) is 18.9 Å². The Labute approximate surface area is 139 Å². The average Bonchev–Trinajstić information content (AvgIpc) is 2.51. The number of methoxy groups -OCH3 is 1. The summed E-state index contributed by atoms with van der Waals surface area (Å²) in [6.07, 6.45) is 0.317. The standard InChI is InChI=1S/C16H21FN2O3S/c1-10(8-22-2)18-15(20)13-9-23-14(16(21)19-13)7-11-5-3-4-6-12(11)17/h3-6,10,13-14H,7-9H2,1-2H3,(H,18,20)(H,19,21). The van der Waals surface area contributed by atoms with Gasteiger partial charge in [-0.2, -0.15) is 0 Å². The maximum atomic E-state index is 13.7. The van der Waals surface area contributed by atoms with E-state index in [4.69, 9.17) is 4.74 Å². The van der Waals surface area contributed by atoms with Crippen molar-refractivity contribution in [2.45, 2.75) is 30.7 Å². The number of amides is 2. The van der Waals surface area contributed by atoms with Crippen LogP contribution in [-0.4, -0.2) is 48.6 Å². The molecule has 0 aromatic heterocycles. The third-order valence-corrected chi connectivity index (χ3v) is 4.87. The number of hydrogen-bond acceptors (Lipinski definition) is 4. The van der Waals surface area contributed by atoms with Crippen LogP contribution in [0.4, 0.5) is 4.39 Å². The zero-order valence-corrected chi connectivity index (χ0v) is 14.0. The summed E-state index contributed by atoms with van der Waals surface area (Å²) >= 11 is 1.38. The SMILES string of the molecule is COCC(C)NC(=O)C1CSC(Cc2ccccc2F)C(=O)N1. The first-order valence-electron chi connectivity index (χ1n) is 7.46. The Bertz CT molecular complexity index is 570. The molecule has 2 amide bonds. The second kappa shape index (κ2) is 8.31. The number of halogens is 1. The van der Waals surface area contributed by atoms with Gasteiger partial charge < -0.3 is 15.4 Å². The molecule has 0 saturated carbocycles. The van der Waals surface area contributed by atoms with E-state index in [1.165, 1.54) is 17.8 Å². The molecule has 1 aliphatic rings. The van der Waals surface area contributed by atoms with Crippen LogP contribution in [0.2, 0.25) is 0 Å². The van der Waals surface area contributed by atoms with E-state index in [1.54, 1.807) is 25.3 Å². The van der Waals surface area contributed by atoms with Crippen molar-refractivity contribution in [1.82, 2.24) is 10.6 Å². The van der Waals surface area contributed by atoms with Gasteiger partial charge >= 0.3 is 0 Å². The number of carbonyl (C=O) groups excluding carboxylic acids is 2. The zero-order valence-electron chi connectivity index (χ0n) is 13.2. The van der Waals surface area contributed by atoms with Crippen LogP contribution in [0.5, 0.6) is 0 Å². The fourth-order valence-corrected chi connectivity index (χ4v) is 3.56. The molecule has 3 atom stereocenters. The van der Waals surface area contributed by atoms with Crippen molar-refractivity contribution in [3.63, 3.8) is 0 Å². The van der Waals surface area contributed by atoms with E-state index in [9.17, 15) is 14.0 Å². The third-order valence-electron chi connectivity index (χ3n) is 3.56. The topological polar surface area (TPSA) is 67.4 Å². The lowest BCUT2D eigenvalue weighted by atomic mass is 10.1. The number of ether oxygens (including phenoxy) is 1. The van der Waals surface area contributed by atoms with Crippen LogP contribution < -0.4 is 10.6 Å². The summed E-state index contributed by atoms with van der Waals surface area (Å²) in [5, 5.41) is 5.13. The van der Waals surface area contributed by atoms with Crippen molar-refractivity contribution in [2.24, 2.45) is 0 Å². The molecule has 0 aliphatic carbocycles. The highest BCUT2D eigenvalue weighted by atomic mass is 32.2. The molecule has 1 aliphatic heterocycles. The molecule has 5 nitrogen and oxygen atoms in total. The highest BCUT2D eigenvalue weighted by molar-refractivity contribution is 8.00. The summed E-state index contributed by atoms with van der Waals surface area (Å²) in [5.74, 6) is -0.297. The van der Waals surface area contributed by atoms with E-state index in [-0.39, 0.29) is 28.9 Å². The molecule has 126 valence electrons. The van der Waals surface area contributed by atoms with Crippen LogP contribution in [0.25, 0.3) is 0 Å². The Morgan fingerprint density at radius 3 is 2.91 bits per heavy atom. The van der Waals surface area contributed by atoms with Crippen molar-refractivity contribution in [1.29, 1.82) is 0 Å². The highest BCUT2D eigenvalue weighted by Crippen LogP contribution is 2.23. The molecule has 2 N–H and O–H groups in total. The summed E-state index contributed by atoms with van der Waals surface area (Å²) in [4.78, 5) is 24.3. The molecular weight excluding hydrogens is 319 g/mol. The molecule has 23 heavy (non-hydrogen) atoms. The molecular formula is C16H21FN2O3S. The van der Waals surface area contributed by atoms with E-state index in [1.807, 2.05) is 6.92 Å². The van der Waals surface area contributed by atoms with Gasteiger partial charge in [0.1, 0.15) is 11.9 Å². The van der Waals surface area contributed by atoms with E-state index in [2.05, 4.69) is 10.6 Å².